The Morgan fingerprint density at radius 3 is 2.55 bits per heavy atom. The number of halogens is 1. The molecule has 0 aromatic carbocycles. The van der Waals surface area contributed by atoms with Gasteiger partial charge < -0.3 is 9.84 Å². The number of amides is 1. The molecule has 1 fully saturated rings. The lowest BCUT2D eigenvalue weighted by Crippen LogP contribution is -2.19. The SMILES string of the molecule is COc1cc(Cl)nc(NC(=O)C2C(C(=O)O)C2(C)C)n1. The Morgan fingerprint density at radius 2 is 2.05 bits per heavy atom. The Balaban J connectivity index is 2.13. The Labute approximate surface area is 120 Å². The number of methoxy groups -OCH3 is 1. The van der Waals surface area contributed by atoms with Gasteiger partial charge in [-0.05, 0) is 5.41 Å². The van der Waals surface area contributed by atoms with Gasteiger partial charge in [-0.15, -0.1) is 0 Å². The molecule has 0 aliphatic heterocycles. The second-order valence-corrected chi connectivity index (χ2v) is 5.55. The third kappa shape index (κ3) is 2.53. The van der Waals surface area contributed by atoms with Crippen LogP contribution in [0.4, 0.5) is 5.95 Å². The van der Waals surface area contributed by atoms with Crippen molar-refractivity contribution in [3.8, 4) is 5.88 Å². The number of anilines is 1. The van der Waals surface area contributed by atoms with Crippen LogP contribution in [0, 0.1) is 17.3 Å². The summed E-state index contributed by atoms with van der Waals surface area (Å²) in [6.45, 7) is 3.46. The Kier molecular flexibility index (Phi) is 3.56. The summed E-state index contributed by atoms with van der Waals surface area (Å²) in [4.78, 5) is 30.9. The van der Waals surface area contributed by atoms with Crippen LogP contribution in [-0.2, 0) is 9.59 Å². The third-order valence-corrected chi connectivity index (χ3v) is 3.69. The van der Waals surface area contributed by atoms with Crippen LogP contribution in [-0.4, -0.2) is 34.1 Å². The highest BCUT2D eigenvalue weighted by Crippen LogP contribution is 2.58. The van der Waals surface area contributed by atoms with Gasteiger partial charge in [0.05, 0.1) is 18.9 Å². The monoisotopic (exact) mass is 299 g/mol. The average molecular weight is 300 g/mol. The fourth-order valence-electron chi connectivity index (χ4n) is 2.33. The minimum absolute atomic E-state index is 0.00816. The van der Waals surface area contributed by atoms with Crippen molar-refractivity contribution < 1.29 is 19.4 Å². The molecule has 0 bridgehead atoms. The van der Waals surface area contributed by atoms with Crippen molar-refractivity contribution in [1.29, 1.82) is 0 Å². The van der Waals surface area contributed by atoms with Crippen LogP contribution >= 0.6 is 11.6 Å². The second-order valence-electron chi connectivity index (χ2n) is 5.16. The lowest BCUT2D eigenvalue weighted by atomic mass is 10.1. The van der Waals surface area contributed by atoms with Gasteiger partial charge in [-0.2, -0.15) is 4.98 Å². The van der Waals surface area contributed by atoms with Gasteiger partial charge in [0.2, 0.25) is 17.7 Å². The van der Waals surface area contributed by atoms with Gasteiger partial charge in [0, 0.05) is 6.07 Å². The van der Waals surface area contributed by atoms with Crippen molar-refractivity contribution >= 4 is 29.4 Å². The predicted molar refractivity (Wildman–Crippen MR) is 70.6 cm³/mol. The van der Waals surface area contributed by atoms with Gasteiger partial charge in [-0.1, -0.05) is 25.4 Å². The molecular weight excluding hydrogens is 286 g/mol. The summed E-state index contributed by atoms with van der Waals surface area (Å²) in [6, 6.07) is 1.40. The van der Waals surface area contributed by atoms with Gasteiger partial charge in [-0.25, -0.2) is 4.98 Å². The molecule has 0 saturated heterocycles. The van der Waals surface area contributed by atoms with Gasteiger partial charge in [0.15, 0.2) is 0 Å². The maximum atomic E-state index is 12.1. The van der Waals surface area contributed by atoms with E-state index < -0.39 is 29.1 Å². The fourth-order valence-corrected chi connectivity index (χ4v) is 2.51. The maximum Gasteiger partial charge on any atom is 0.307 e. The van der Waals surface area contributed by atoms with E-state index in [1.165, 1.54) is 13.2 Å². The highest BCUT2D eigenvalue weighted by atomic mass is 35.5. The molecule has 108 valence electrons. The van der Waals surface area contributed by atoms with E-state index in [-0.39, 0.29) is 17.0 Å². The second kappa shape index (κ2) is 4.90. The van der Waals surface area contributed by atoms with Crippen LogP contribution in [0.3, 0.4) is 0 Å². The lowest BCUT2D eigenvalue weighted by molar-refractivity contribution is -0.140. The first-order valence-corrected chi connectivity index (χ1v) is 6.27. The van der Waals surface area contributed by atoms with E-state index in [0.29, 0.717) is 0 Å². The lowest BCUT2D eigenvalue weighted by Gasteiger charge is -2.06. The fraction of sp³-hybridized carbons (Fsp3) is 0.500. The van der Waals surface area contributed by atoms with Crippen LogP contribution in [0.15, 0.2) is 6.07 Å². The predicted octanol–water partition coefficient (Wildman–Crippen LogP) is 1.43. The highest BCUT2D eigenvalue weighted by molar-refractivity contribution is 6.29. The molecule has 2 N–H and O–H groups in total. The van der Waals surface area contributed by atoms with Gasteiger partial charge >= 0.3 is 5.97 Å². The molecule has 20 heavy (non-hydrogen) atoms. The molecule has 0 spiro atoms. The molecule has 1 aliphatic rings. The minimum atomic E-state index is -0.986. The largest absolute Gasteiger partial charge is 0.481 e. The summed E-state index contributed by atoms with van der Waals surface area (Å²) in [7, 11) is 1.41. The number of aliphatic carboxylic acids is 1. The van der Waals surface area contributed by atoms with E-state index in [9.17, 15) is 9.59 Å². The molecule has 1 aromatic rings. The number of carboxylic acid groups (broad SMARTS) is 1. The molecule has 1 saturated carbocycles. The van der Waals surface area contributed by atoms with Crippen molar-refractivity contribution in [1.82, 2.24) is 9.97 Å². The molecule has 2 rings (SSSR count). The molecule has 0 radical (unpaired) electrons. The highest BCUT2D eigenvalue weighted by Gasteiger charge is 2.66. The number of hydrogen-bond donors (Lipinski definition) is 2. The Bertz CT molecular complexity index is 576. The third-order valence-electron chi connectivity index (χ3n) is 3.49. The quantitative estimate of drug-likeness (QED) is 0.816. The molecule has 7 nitrogen and oxygen atoms in total. The summed E-state index contributed by atoms with van der Waals surface area (Å²) in [5.41, 5.74) is -0.585. The molecule has 2 unspecified atom stereocenters. The van der Waals surface area contributed by atoms with Crippen molar-refractivity contribution in [3.63, 3.8) is 0 Å². The van der Waals surface area contributed by atoms with Crippen LogP contribution in [0.5, 0.6) is 5.88 Å². The number of aromatic nitrogens is 2. The molecule has 1 aliphatic carbocycles. The van der Waals surface area contributed by atoms with Gasteiger partial charge in [-0.3, -0.25) is 14.9 Å². The number of carbonyl (C=O) groups is 2. The molecular formula is C12H14ClN3O4. The smallest absolute Gasteiger partial charge is 0.307 e. The zero-order valence-corrected chi connectivity index (χ0v) is 11.9. The summed E-state index contributed by atoms with van der Waals surface area (Å²) in [5, 5.41) is 11.6. The number of rotatable bonds is 4. The minimum Gasteiger partial charge on any atom is -0.481 e. The first-order chi connectivity index (χ1) is 9.27. The summed E-state index contributed by atoms with van der Waals surface area (Å²) < 4.78 is 4.91. The summed E-state index contributed by atoms with van der Waals surface area (Å²) in [5.74, 6) is -2.54. The van der Waals surface area contributed by atoms with E-state index in [1.807, 2.05) is 0 Å². The van der Waals surface area contributed by atoms with Crippen LogP contribution in [0.2, 0.25) is 5.15 Å². The summed E-state index contributed by atoms with van der Waals surface area (Å²) in [6.07, 6.45) is 0. The van der Waals surface area contributed by atoms with Crippen LogP contribution < -0.4 is 10.1 Å². The maximum absolute atomic E-state index is 12.1. The molecule has 1 heterocycles. The van der Waals surface area contributed by atoms with Crippen molar-refractivity contribution in [2.24, 2.45) is 17.3 Å². The number of nitrogens with zero attached hydrogens (tertiary/aromatic N) is 2. The van der Waals surface area contributed by atoms with Crippen molar-refractivity contribution in [3.05, 3.63) is 11.2 Å². The number of nitrogens with one attached hydrogen (secondary N) is 1. The van der Waals surface area contributed by atoms with Crippen LogP contribution in [0.25, 0.3) is 0 Å². The molecule has 1 aromatic heterocycles. The van der Waals surface area contributed by atoms with Gasteiger partial charge in [0.1, 0.15) is 5.15 Å². The first kappa shape index (κ1) is 14.5. The van der Waals surface area contributed by atoms with E-state index in [0.717, 1.165) is 0 Å². The van der Waals surface area contributed by atoms with E-state index in [1.54, 1.807) is 13.8 Å². The van der Waals surface area contributed by atoms with E-state index in [2.05, 4.69) is 15.3 Å². The zero-order chi connectivity index (χ0) is 15.1. The Morgan fingerprint density at radius 1 is 1.40 bits per heavy atom. The Hall–Kier alpha value is -1.89. The van der Waals surface area contributed by atoms with Gasteiger partial charge in [0.25, 0.3) is 0 Å². The molecule has 2 atom stereocenters. The van der Waals surface area contributed by atoms with E-state index >= 15 is 0 Å². The molecule has 1 amide bonds. The average Bonchev–Trinajstić information content (AvgIpc) is 2.91. The summed E-state index contributed by atoms with van der Waals surface area (Å²) >= 11 is 5.77. The molecule has 8 heteroatoms. The zero-order valence-electron chi connectivity index (χ0n) is 11.2. The van der Waals surface area contributed by atoms with Crippen LogP contribution in [0.1, 0.15) is 13.8 Å². The first-order valence-electron chi connectivity index (χ1n) is 5.89. The normalized spacial score (nSPS) is 23.0. The number of hydrogen-bond acceptors (Lipinski definition) is 5. The van der Waals surface area contributed by atoms with Crippen molar-refractivity contribution in [2.75, 3.05) is 12.4 Å². The topological polar surface area (TPSA) is 101 Å². The van der Waals surface area contributed by atoms with Crippen molar-refractivity contribution in [2.45, 2.75) is 13.8 Å². The number of carbonyl (C=O) groups excluding carboxylic acids is 1. The standard InChI is InChI=1S/C12H14ClN3O4/c1-12(2)7(8(12)10(18)19)9(17)16-11-14-5(13)4-6(15-11)20-3/h4,7-8H,1-3H3,(H,18,19)(H,14,15,16,17). The number of ether oxygens (including phenoxy) is 1. The number of carboxylic acids is 1. The van der Waals surface area contributed by atoms with E-state index in [4.69, 9.17) is 21.4 Å².